The van der Waals surface area contributed by atoms with Crippen LogP contribution in [0.2, 0.25) is 0 Å². The van der Waals surface area contributed by atoms with Crippen LogP contribution in [-0.4, -0.2) is 152 Å². The molecule has 0 radical (unpaired) electrons. The fraction of sp³-hybridized carbons (Fsp3) is 0.500. The van der Waals surface area contributed by atoms with Gasteiger partial charge in [-0.25, -0.2) is 4.79 Å². The molecule has 17 nitrogen and oxygen atoms in total. The lowest BCUT2D eigenvalue weighted by Gasteiger charge is -2.40. The number of phenols is 1. The standard InChI is InChI=1S/C52H68N8O9/c1-10-43(62)58-20-17-51(67,30-58)48(65)57(9)44(32(3)4)46(63)54-41-24-34-22-36(25-38(61)23-34)35-13-14-42-39(26-35)40(45(59(42)11-2)37-21-33(28-53-29-37)15-19-56(7)8)27-50(5,6)31-69-49(66)52(68)16-12-18-60(55-52)47(41)64/h10,13-14,21-23,25-26,28-29,32,41,44,55,61,67-68H,1,11-12,15-20,24,27,30-31H2,2-9H3,(H,54,63)/t41-,44-,51?,52-/m0/s1. The zero-order valence-corrected chi connectivity index (χ0v) is 41.2. The lowest BCUT2D eigenvalue weighted by Crippen LogP contribution is -2.67. The monoisotopic (exact) mass is 949 g/mol. The first-order valence-corrected chi connectivity index (χ1v) is 23.8. The number of aromatic hydroxyl groups is 1. The number of esters is 1. The molecule has 2 saturated heterocycles. The Morgan fingerprint density at radius 1 is 1.01 bits per heavy atom. The van der Waals surface area contributed by atoms with E-state index in [1.165, 1.54) is 18.0 Å². The van der Waals surface area contributed by atoms with E-state index in [2.05, 4.69) is 56.9 Å². The number of aromatic nitrogens is 2. The maximum absolute atomic E-state index is 14.8. The van der Waals surface area contributed by atoms with Crippen molar-refractivity contribution < 1.29 is 44.0 Å². The van der Waals surface area contributed by atoms with Crippen LogP contribution in [-0.2, 0) is 54.5 Å². The van der Waals surface area contributed by atoms with Crippen LogP contribution in [0.4, 0.5) is 0 Å². The van der Waals surface area contributed by atoms with Crippen molar-refractivity contribution in [3.05, 3.63) is 84.2 Å². The van der Waals surface area contributed by atoms with Gasteiger partial charge in [0.15, 0.2) is 5.60 Å². The van der Waals surface area contributed by atoms with E-state index in [-0.39, 0.29) is 57.7 Å². The molecule has 0 aliphatic carbocycles. The number of likely N-dealkylation sites (tertiary alicyclic amines) is 1. The molecule has 2 aromatic heterocycles. The summed E-state index contributed by atoms with van der Waals surface area (Å²) >= 11 is 0. The number of rotatable bonds is 11. The third-order valence-corrected chi connectivity index (χ3v) is 13.6. The number of amides is 4. The second-order valence-corrected chi connectivity index (χ2v) is 20.4. The topological polar surface area (TPSA) is 210 Å². The average molecular weight is 949 g/mol. The molecule has 2 fully saturated rings. The maximum atomic E-state index is 14.8. The van der Waals surface area contributed by atoms with Crippen LogP contribution in [0.3, 0.4) is 0 Å². The van der Waals surface area contributed by atoms with E-state index in [4.69, 9.17) is 4.74 Å². The summed E-state index contributed by atoms with van der Waals surface area (Å²) in [5.41, 5.74) is 4.79. The first-order valence-electron chi connectivity index (χ1n) is 23.8. The number of benzene rings is 2. The van der Waals surface area contributed by atoms with Crippen molar-refractivity contribution in [1.82, 2.24) is 40.0 Å². The minimum Gasteiger partial charge on any atom is -0.508 e. The molecule has 4 atom stereocenters. The predicted molar refractivity (Wildman–Crippen MR) is 261 cm³/mol. The second kappa shape index (κ2) is 20.1. The van der Waals surface area contributed by atoms with E-state index >= 15 is 0 Å². The van der Waals surface area contributed by atoms with Crippen molar-refractivity contribution >= 4 is 40.5 Å². The number of aryl methyl sites for hydroxylation is 1. The number of nitrogens with zero attached hydrogens (tertiary/aromatic N) is 6. The molecular weight excluding hydrogens is 881 g/mol. The van der Waals surface area contributed by atoms with Gasteiger partial charge in [0.2, 0.25) is 17.5 Å². The summed E-state index contributed by atoms with van der Waals surface area (Å²) in [5, 5.41) is 39.7. The number of hydrogen-bond acceptors (Lipinski definition) is 12. The molecule has 370 valence electrons. The number of aliphatic hydroxyl groups is 2. The van der Waals surface area contributed by atoms with Crippen molar-refractivity contribution in [1.29, 1.82) is 0 Å². The molecule has 0 spiro atoms. The predicted octanol–water partition coefficient (Wildman–Crippen LogP) is 3.80. The summed E-state index contributed by atoms with van der Waals surface area (Å²) in [6, 6.07) is 10.8. The molecule has 3 aliphatic heterocycles. The van der Waals surface area contributed by atoms with Gasteiger partial charge >= 0.3 is 5.97 Å². The highest BCUT2D eigenvalue weighted by molar-refractivity contribution is 5.97. The van der Waals surface area contributed by atoms with Crippen LogP contribution < -0.4 is 10.7 Å². The molecule has 2 aromatic carbocycles. The lowest BCUT2D eigenvalue weighted by molar-refractivity contribution is -0.189. The van der Waals surface area contributed by atoms with Gasteiger partial charge in [0.25, 0.3) is 11.8 Å². The quantitative estimate of drug-likeness (QED) is 0.108. The summed E-state index contributed by atoms with van der Waals surface area (Å²) in [6.07, 6.45) is 6.12. The van der Waals surface area contributed by atoms with Crippen LogP contribution in [0.5, 0.6) is 5.75 Å². The number of cyclic esters (lactones) is 1. The summed E-state index contributed by atoms with van der Waals surface area (Å²) in [6.45, 7) is 14.4. The van der Waals surface area contributed by atoms with Gasteiger partial charge in [-0.05, 0) is 110 Å². The Kier molecular flexibility index (Phi) is 14.8. The van der Waals surface area contributed by atoms with E-state index in [1.807, 2.05) is 52.5 Å². The Balaban J connectivity index is 1.31. The van der Waals surface area contributed by atoms with Crippen LogP contribution in [0.25, 0.3) is 33.3 Å². The van der Waals surface area contributed by atoms with Gasteiger partial charge in [-0.15, -0.1) is 0 Å². The number of fused-ring (bicyclic) bond motifs is 6. The summed E-state index contributed by atoms with van der Waals surface area (Å²) in [5.74, 6) is -4.14. The Bertz CT molecular complexity index is 2640. The fourth-order valence-electron chi connectivity index (χ4n) is 10.1. The van der Waals surface area contributed by atoms with Gasteiger partial charge in [0.1, 0.15) is 17.8 Å². The average Bonchev–Trinajstić information content (AvgIpc) is 3.86. The van der Waals surface area contributed by atoms with Crippen molar-refractivity contribution in [2.24, 2.45) is 11.3 Å². The molecule has 4 amide bonds. The number of carbonyl (C=O) groups excluding carboxylic acids is 5. The number of carbonyl (C=O) groups is 5. The third kappa shape index (κ3) is 10.7. The van der Waals surface area contributed by atoms with E-state index in [1.54, 1.807) is 19.9 Å². The SMILES string of the molecule is C=CC(=O)N1CCC(O)(C(=O)N(C)[C@H](C(=O)N[C@H]2Cc3cc(O)cc(c3)-c3ccc4c(c3)c(c(-c3cncc(CCN(C)C)c3)n4CC)CC(C)(C)COC(=O)[C@@]3(O)CCCN(N3)C2=O)C(C)C)C1. The first-order chi connectivity index (χ1) is 32.6. The number of ether oxygens (including phenoxy) is 1. The minimum atomic E-state index is -2.29. The number of nitrogens with one attached hydrogen (secondary N) is 2. The molecule has 4 aromatic rings. The number of hydrogen-bond donors (Lipinski definition) is 5. The van der Waals surface area contributed by atoms with Crippen LogP contribution in [0.15, 0.2) is 67.5 Å². The number of β-amino-alcohol motifs (C(OH)–C–C–N with tert-alkyl or cyclic N) is 1. The fourth-order valence-corrected chi connectivity index (χ4v) is 10.1. The molecule has 0 saturated carbocycles. The first kappa shape index (κ1) is 50.7. The Hall–Kier alpha value is -6.14. The maximum Gasteiger partial charge on any atom is 0.355 e. The van der Waals surface area contributed by atoms with E-state index < -0.39 is 64.3 Å². The number of phenolic OH excluding ortho intramolecular Hbond substituents is 1. The normalized spacial score (nSPS) is 22.3. The number of hydrazine groups is 1. The zero-order chi connectivity index (χ0) is 50.2. The molecule has 1 unspecified atom stereocenters. The molecule has 5 heterocycles. The molecular formula is C52H68N8O9. The van der Waals surface area contributed by atoms with Gasteiger partial charge < -0.3 is 44.6 Å². The van der Waals surface area contributed by atoms with Gasteiger partial charge in [-0.3, -0.25) is 29.2 Å². The van der Waals surface area contributed by atoms with Crippen molar-refractivity contribution in [3.63, 3.8) is 0 Å². The summed E-state index contributed by atoms with van der Waals surface area (Å²) in [4.78, 5) is 78.9. The highest BCUT2D eigenvalue weighted by Gasteiger charge is 2.49. The molecule has 69 heavy (non-hydrogen) atoms. The van der Waals surface area contributed by atoms with Crippen LogP contribution >= 0.6 is 0 Å². The largest absolute Gasteiger partial charge is 0.508 e. The molecule has 7 rings (SSSR count). The van der Waals surface area contributed by atoms with Gasteiger partial charge in [-0.2, -0.15) is 5.43 Å². The van der Waals surface area contributed by atoms with E-state index in [0.29, 0.717) is 24.1 Å². The van der Waals surface area contributed by atoms with Gasteiger partial charge in [0.05, 0.1) is 18.8 Å². The Morgan fingerprint density at radius 3 is 2.46 bits per heavy atom. The third-order valence-electron chi connectivity index (χ3n) is 13.6. The van der Waals surface area contributed by atoms with Crippen molar-refractivity contribution in [3.8, 4) is 28.1 Å². The van der Waals surface area contributed by atoms with Crippen molar-refractivity contribution in [2.75, 3.05) is 53.9 Å². The number of likely N-dealkylation sites (N-methyl/N-ethyl adjacent to an activating group) is 2. The van der Waals surface area contributed by atoms with Crippen molar-refractivity contribution in [2.45, 2.75) is 103 Å². The minimum absolute atomic E-state index is 0.0465. The second-order valence-electron chi connectivity index (χ2n) is 20.4. The molecule has 5 N–H and O–H groups in total. The van der Waals surface area contributed by atoms with E-state index in [9.17, 15) is 39.3 Å². The highest BCUT2D eigenvalue weighted by Crippen LogP contribution is 2.41. The lowest BCUT2D eigenvalue weighted by atomic mass is 9.84. The molecule has 3 aliphatic rings. The molecule has 6 bridgehead atoms. The molecule has 17 heteroatoms. The van der Waals surface area contributed by atoms with Crippen LogP contribution in [0, 0.1) is 11.3 Å². The van der Waals surface area contributed by atoms with Gasteiger partial charge in [0, 0.05) is 86.8 Å². The summed E-state index contributed by atoms with van der Waals surface area (Å²) in [7, 11) is 5.47. The zero-order valence-electron chi connectivity index (χ0n) is 41.2. The van der Waals surface area contributed by atoms with E-state index in [0.717, 1.165) is 67.8 Å². The number of pyridine rings is 1. The smallest absolute Gasteiger partial charge is 0.355 e. The Morgan fingerprint density at radius 2 is 1.77 bits per heavy atom. The van der Waals surface area contributed by atoms with Gasteiger partial charge in [-0.1, -0.05) is 46.4 Å². The highest BCUT2D eigenvalue weighted by atomic mass is 16.6. The Labute approximate surface area is 404 Å². The van der Waals surface area contributed by atoms with Crippen LogP contribution in [0.1, 0.15) is 70.6 Å². The summed E-state index contributed by atoms with van der Waals surface area (Å²) < 4.78 is 8.22.